The van der Waals surface area contributed by atoms with E-state index in [1.54, 1.807) is 0 Å². The van der Waals surface area contributed by atoms with E-state index in [0.717, 1.165) is 0 Å². The molecule has 0 saturated carbocycles. The molecule has 90 valence electrons. The Kier molecular flexibility index (Phi) is 3.99. The molecule has 0 fully saturated rings. The molecule has 0 heterocycles. The van der Waals surface area contributed by atoms with Crippen LogP contribution < -0.4 is 11.1 Å². The zero-order valence-corrected chi connectivity index (χ0v) is 10.1. The predicted octanol–water partition coefficient (Wildman–Crippen LogP) is 2.63. The van der Waals surface area contributed by atoms with Crippen LogP contribution in [0.3, 0.4) is 0 Å². The van der Waals surface area contributed by atoms with Gasteiger partial charge in [-0.15, -0.1) is 0 Å². The number of nitrogens with one attached hydrogen (secondary N) is 1. The molecule has 3 nitrogen and oxygen atoms in total. The number of hydrogen-bond donors (Lipinski definition) is 3. The smallest absolute Gasteiger partial charge is 0.143 e. The summed E-state index contributed by atoms with van der Waals surface area (Å²) < 4.78 is 13.3. The summed E-state index contributed by atoms with van der Waals surface area (Å²) in [5, 5.41) is 12.2. The fourth-order valence-corrected chi connectivity index (χ4v) is 1.41. The average molecular weight is 247 g/mol. The molecule has 0 aliphatic carbocycles. The van der Waals surface area contributed by atoms with E-state index < -0.39 is 11.4 Å². The fraction of sp³-hybridized carbons (Fsp3) is 0.455. The maximum Gasteiger partial charge on any atom is 0.143 e. The summed E-state index contributed by atoms with van der Waals surface area (Å²) in [6.07, 6.45) is 0.688. The summed E-state index contributed by atoms with van der Waals surface area (Å²) in [5.41, 5.74) is 6.00. The number of halogens is 2. The van der Waals surface area contributed by atoms with E-state index in [9.17, 15) is 9.50 Å². The van der Waals surface area contributed by atoms with Crippen LogP contribution in [-0.2, 0) is 0 Å². The first-order chi connectivity index (χ1) is 7.41. The van der Waals surface area contributed by atoms with Crippen LogP contribution in [0.15, 0.2) is 12.1 Å². The number of aliphatic hydroxyl groups is 1. The Morgan fingerprint density at radius 1 is 1.56 bits per heavy atom. The Labute approximate surface area is 99.4 Å². The quantitative estimate of drug-likeness (QED) is 0.716. The fourth-order valence-electron chi connectivity index (χ4n) is 1.24. The van der Waals surface area contributed by atoms with Gasteiger partial charge >= 0.3 is 0 Å². The van der Waals surface area contributed by atoms with E-state index in [0.29, 0.717) is 17.8 Å². The van der Waals surface area contributed by atoms with Gasteiger partial charge in [-0.25, -0.2) is 4.39 Å². The average Bonchev–Trinajstić information content (AvgIpc) is 2.25. The van der Waals surface area contributed by atoms with E-state index >= 15 is 0 Å². The molecule has 0 spiro atoms. The van der Waals surface area contributed by atoms with Gasteiger partial charge in [0.25, 0.3) is 0 Å². The number of aliphatic hydroxyl groups excluding tert-OH is 1. The van der Waals surface area contributed by atoms with Crippen molar-refractivity contribution in [2.45, 2.75) is 25.8 Å². The molecular formula is C11H16ClFN2O. The van der Waals surface area contributed by atoms with E-state index in [-0.39, 0.29) is 11.6 Å². The van der Waals surface area contributed by atoms with Gasteiger partial charge in [0.2, 0.25) is 0 Å². The molecule has 1 aromatic rings. The first-order valence-electron chi connectivity index (χ1n) is 5.05. The zero-order chi connectivity index (χ0) is 12.3. The van der Waals surface area contributed by atoms with Crippen LogP contribution >= 0.6 is 11.6 Å². The predicted molar refractivity (Wildman–Crippen MR) is 65.2 cm³/mol. The van der Waals surface area contributed by atoms with E-state index in [4.69, 9.17) is 17.3 Å². The second-order valence-corrected chi connectivity index (χ2v) is 4.46. The SMILES string of the molecule is CCC(C)(CO)Nc1cc(F)c(Cl)cc1N. The standard InChI is InChI=1S/C11H16ClFN2O/c1-3-11(2,6-16)15-10-5-8(13)7(12)4-9(10)14/h4-5,15-16H,3,6,14H2,1-2H3. The lowest BCUT2D eigenvalue weighted by Gasteiger charge is -2.29. The van der Waals surface area contributed by atoms with Crippen LogP contribution in [-0.4, -0.2) is 17.3 Å². The van der Waals surface area contributed by atoms with Gasteiger partial charge < -0.3 is 16.2 Å². The Bertz CT molecular complexity index is 380. The minimum atomic E-state index is -0.533. The summed E-state index contributed by atoms with van der Waals surface area (Å²) in [5.74, 6) is -0.533. The van der Waals surface area contributed by atoms with E-state index in [1.165, 1.54) is 12.1 Å². The molecule has 0 bridgehead atoms. The van der Waals surface area contributed by atoms with Crippen LogP contribution in [0.2, 0.25) is 5.02 Å². The molecule has 0 aliphatic heterocycles. The summed E-state index contributed by atoms with van der Waals surface area (Å²) in [7, 11) is 0. The topological polar surface area (TPSA) is 58.3 Å². The van der Waals surface area contributed by atoms with Crippen molar-refractivity contribution in [2.24, 2.45) is 0 Å². The lowest BCUT2D eigenvalue weighted by atomic mass is 9.99. The van der Waals surface area contributed by atoms with Crippen LogP contribution in [0.25, 0.3) is 0 Å². The Morgan fingerprint density at radius 3 is 2.69 bits per heavy atom. The molecule has 4 N–H and O–H groups in total. The zero-order valence-electron chi connectivity index (χ0n) is 9.35. The summed E-state index contributed by atoms with van der Waals surface area (Å²) >= 11 is 5.59. The third-order valence-electron chi connectivity index (χ3n) is 2.66. The van der Waals surface area contributed by atoms with Crippen molar-refractivity contribution in [3.05, 3.63) is 23.0 Å². The number of nitrogens with two attached hydrogens (primary N) is 1. The molecule has 1 aromatic carbocycles. The van der Waals surface area contributed by atoms with Crippen molar-refractivity contribution in [1.82, 2.24) is 0 Å². The molecule has 0 aliphatic rings. The highest BCUT2D eigenvalue weighted by atomic mass is 35.5. The number of rotatable bonds is 4. The maximum atomic E-state index is 13.3. The minimum Gasteiger partial charge on any atom is -0.397 e. The van der Waals surface area contributed by atoms with Gasteiger partial charge in [0, 0.05) is 6.07 Å². The van der Waals surface area contributed by atoms with Crippen molar-refractivity contribution in [3.63, 3.8) is 0 Å². The lowest BCUT2D eigenvalue weighted by Crippen LogP contribution is -2.38. The highest BCUT2D eigenvalue weighted by Crippen LogP contribution is 2.29. The highest BCUT2D eigenvalue weighted by molar-refractivity contribution is 6.31. The van der Waals surface area contributed by atoms with Crippen molar-refractivity contribution >= 4 is 23.0 Å². The first-order valence-corrected chi connectivity index (χ1v) is 5.43. The Hall–Kier alpha value is -1.00. The third kappa shape index (κ3) is 2.77. The second-order valence-electron chi connectivity index (χ2n) is 4.05. The van der Waals surface area contributed by atoms with Crippen molar-refractivity contribution < 1.29 is 9.50 Å². The van der Waals surface area contributed by atoms with Gasteiger partial charge in [-0.1, -0.05) is 18.5 Å². The molecule has 0 aromatic heterocycles. The number of nitrogen functional groups attached to an aromatic ring is 1. The molecular weight excluding hydrogens is 231 g/mol. The van der Waals surface area contributed by atoms with Gasteiger partial charge in [-0.2, -0.15) is 0 Å². The molecule has 0 amide bonds. The summed E-state index contributed by atoms with van der Waals surface area (Å²) in [4.78, 5) is 0. The second kappa shape index (κ2) is 4.89. The van der Waals surface area contributed by atoms with Gasteiger partial charge in [0.15, 0.2) is 0 Å². The summed E-state index contributed by atoms with van der Waals surface area (Å²) in [6, 6.07) is 2.59. The van der Waals surface area contributed by atoms with Gasteiger partial charge in [-0.05, 0) is 19.4 Å². The molecule has 0 saturated heterocycles. The normalized spacial score (nSPS) is 14.6. The minimum absolute atomic E-state index is 0.00903. The van der Waals surface area contributed by atoms with Crippen molar-refractivity contribution in [2.75, 3.05) is 17.7 Å². The number of benzene rings is 1. The molecule has 1 atom stereocenters. The molecule has 1 rings (SSSR count). The van der Waals surface area contributed by atoms with Crippen molar-refractivity contribution in [1.29, 1.82) is 0 Å². The van der Waals surface area contributed by atoms with E-state index in [1.807, 2.05) is 13.8 Å². The van der Waals surface area contributed by atoms with Crippen molar-refractivity contribution in [3.8, 4) is 0 Å². The van der Waals surface area contributed by atoms with Crippen LogP contribution in [0.4, 0.5) is 15.8 Å². The number of anilines is 2. The third-order valence-corrected chi connectivity index (χ3v) is 2.95. The van der Waals surface area contributed by atoms with Gasteiger partial charge in [0.05, 0.1) is 28.5 Å². The Balaban J connectivity index is 3.01. The van der Waals surface area contributed by atoms with Gasteiger partial charge in [0.1, 0.15) is 5.82 Å². The number of hydrogen-bond acceptors (Lipinski definition) is 3. The van der Waals surface area contributed by atoms with Crippen LogP contribution in [0.1, 0.15) is 20.3 Å². The monoisotopic (exact) mass is 246 g/mol. The molecule has 1 unspecified atom stereocenters. The first kappa shape index (κ1) is 13.1. The maximum absolute atomic E-state index is 13.3. The van der Waals surface area contributed by atoms with Crippen LogP contribution in [0, 0.1) is 5.82 Å². The molecule has 16 heavy (non-hydrogen) atoms. The Morgan fingerprint density at radius 2 is 2.19 bits per heavy atom. The lowest BCUT2D eigenvalue weighted by molar-refractivity contribution is 0.219. The van der Waals surface area contributed by atoms with Crippen LogP contribution in [0.5, 0.6) is 0 Å². The largest absolute Gasteiger partial charge is 0.397 e. The van der Waals surface area contributed by atoms with E-state index in [2.05, 4.69) is 5.32 Å². The molecule has 0 radical (unpaired) electrons. The summed E-state index contributed by atoms with van der Waals surface area (Å²) in [6.45, 7) is 3.69. The highest BCUT2D eigenvalue weighted by Gasteiger charge is 2.21. The molecule has 5 heteroatoms. The van der Waals surface area contributed by atoms with Gasteiger partial charge in [-0.3, -0.25) is 0 Å².